The summed E-state index contributed by atoms with van der Waals surface area (Å²) < 4.78 is 32.8. The van der Waals surface area contributed by atoms with Crippen LogP contribution >= 0.6 is 0 Å². The van der Waals surface area contributed by atoms with Crippen LogP contribution in [0.1, 0.15) is 16.7 Å². The van der Waals surface area contributed by atoms with Gasteiger partial charge in [-0.1, -0.05) is 54.6 Å². The lowest BCUT2D eigenvalue weighted by Crippen LogP contribution is -2.35. The summed E-state index contributed by atoms with van der Waals surface area (Å²) >= 11 is 0. The summed E-state index contributed by atoms with van der Waals surface area (Å²) in [7, 11) is -3.58. The number of hydrogen-bond acceptors (Lipinski definition) is 4. The van der Waals surface area contributed by atoms with Crippen molar-refractivity contribution in [3.8, 4) is 5.75 Å². The summed E-state index contributed by atoms with van der Waals surface area (Å²) in [6.07, 6.45) is 0.783. The Morgan fingerprint density at radius 1 is 0.862 bits per heavy atom. The molecule has 0 aromatic heterocycles. The van der Waals surface area contributed by atoms with Crippen molar-refractivity contribution in [1.82, 2.24) is 4.31 Å². The van der Waals surface area contributed by atoms with Gasteiger partial charge >= 0.3 is 5.97 Å². The van der Waals surface area contributed by atoms with Crippen LogP contribution in [-0.4, -0.2) is 25.2 Å². The van der Waals surface area contributed by atoms with Gasteiger partial charge in [0.15, 0.2) is 0 Å². The first kappa shape index (κ1) is 19.4. The molecule has 0 saturated heterocycles. The molecule has 148 valence electrons. The van der Waals surface area contributed by atoms with E-state index < -0.39 is 10.0 Å². The molecule has 0 saturated carbocycles. The van der Waals surface area contributed by atoms with E-state index in [9.17, 15) is 13.2 Å². The summed E-state index contributed by atoms with van der Waals surface area (Å²) in [4.78, 5) is 12.3. The minimum Gasteiger partial charge on any atom is -0.426 e. The Hall–Kier alpha value is -2.96. The number of nitrogens with zero attached hydrogens (tertiary/aromatic N) is 1. The van der Waals surface area contributed by atoms with Crippen LogP contribution in [0.5, 0.6) is 5.75 Å². The average Bonchev–Trinajstić information content (AvgIpc) is 2.74. The Labute approximate surface area is 170 Å². The molecule has 0 unspecified atom stereocenters. The highest BCUT2D eigenvalue weighted by atomic mass is 32.2. The third-order valence-electron chi connectivity index (χ3n) is 4.98. The van der Waals surface area contributed by atoms with Gasteiger partial charge in [0, 0.05) is 13.1 Å². The molecule has 4 rings (SSSR count). The molecular weight excluding hydrogens is 386 g/mol. The quantitative estimate of drug-likeness (QED) is 0.479. The Morgan fingerprint density at radius 2 is 1.52 bits per heavy atom. The summed E-state index contributed by atoms with van der Waals surface area (Å²) in [6.45, 7) is 0.841. The second-order valence-corrected chi connectivity index (χ2v) is 8.90. The highest BCUT2D eigenvalue weighted by Gasteiger charge is 2.28. The molecule has 0 fully saturated rings. The van der Waals surface area contributed by atoms with Gasteiger partial charge in [-0.2, -0.15) is 4.31 Å². The SMILES string of the molecule is O=C(Cc1ccc(S(=O)(=O)N2CCc3ccccc3C2)cc1)Oc1ccccc1. The summed E-state index contributed by atoms with van der Waals surface area (Å²) in [5, 5.41) is 0. The average molecular weight is 407 g/mol. The van der Waals surface area contributed by atoms with Gasteiger partial charge in [-0.15, -0.1) is 0 Å². The van der Waals surface area contributed by atoms with Crippen LogP contribution in [0.3, 0.4) is 0 Å². The van der Waals surface area contributed by atoms with Gasteiger partial charge in [-0.25, -0.2) is 8.42 Å². The first-order chi connectivity index (χ1) is 14.0. The molecule has 5 nitrogen and oxygen atoms in total. The minimum absolute atomic E-state index is 0.0757. The predicted octanol–water partition coefficient (Wildman–Crippen LogP) is 3.58. The van der Waals surface area contributed by atoms with Gasteiger partial charge in [0.1, 0.15) is 5.75 Å². The highest BCUT2D eigenvalue weighted by molar-refractivity contribution is 7.89. The van der Waals surface area contributed by atoms with Gasteiger partial charge < -0.3 is 4.74 Å². The van der Waals surface area contributed by atoms with Crippen molar-refractivity contribution < 1.29 is 17.9 Å². The van der Waals surface area contributed by atoms with Crippen LogP contribution in [-0.2, 0) is 34.2 Å². The van der Waals surface area contributed by atoms with Crippen LogP contribution < -0.4 is 4.74 Å². The summed E-state index contributed by atoms with van der Waals surface area (Å²) in [5.41, 5.74) is 2.95. The number of carbonyl (C=O) groups excluding carboxylic acids is 1. The first-order valence-corrected chi connectivity index (χ1v) is 10.9. The number of rotatable bonds is 5. The zero-order valence-electron chi connectivity index (χ0n) is 15.8. The molecule has 0 aliphatic carbocycles. The first-order valence-electron chi connectivity index (χ1n) is 9.44. The fourth-order valence-electron chi connectivity index (χ4n) is 3.43. The maximum Gasteiger partial charge on any atom is 0.315 e. The van der Waals surface area contributed by atoms with E-state index >= 15 is 0 Å². The van der Waals surface area contributed by atoms with Crippen molar-refractivity contribution in [3.63, 3.8) is 0 Å². The molecule has 29 heavy (non-hydrogen) atoms. The highest BCUT2D eigenvalue weighted by Crippen LogP contribution is 2.25. The fraction of sp³-hybridized carbons (Fsp3) is 0.174. The largest absolute Gasteiger partial charge is 0.426 e. The number of sulfonamides is 1. The Bertz CT molecular complexity index is 1110. The number of para-hydroxylation sites is 1. The number of ether oxygens (including phenoxy) is 1. The minimum atomic E-state index is -3.58. The van der Waals surface area contributed by atoms with Gasteiger partial charge in [0.2, 0.25) is 10.0 Å². The topological polar surface area (TPSA) is 63.7 Å². The molecular formula is C23H21NO4S. The molecule has 3 aromatic carbocycles. The smallest absolute Gasteiger partial charge is 0.315 e. The number of carbonyl (C=O) groups is 1. The van der Waals surface area contributed by atoms with Gasteiger partial charge in [-0.3, -0.25) is 4.79 Å². The normalized spacial score (nSPS) is 14.2. The third kappa shape index (κ3) is 4.39. The molecule has 3 aromatic rings. The molecule has 0 N–H and O–H groups in total. The summed E-state index contributed by atoms with van der Waals surface area (Å²) in [6, 6.07) is 23.2. The van der Waals surface area contributed by atoms with E-state index in [1.165, 1.54) is 9.87 Å². The van der Waals surface area contributed by atoms with E-state index in [4.69, 9.17) is 4.74 Å². The molecule has 1 heterocycles. The van der Waals surface area contributed by atoms with E-state index in [0.29, 0.717) is 30.8 Å². The maximum atomic E-state index is 13.0. The second-order valence-electron chi connectivity index (χ2n) is 6.97. The van der Waals surface area contributed by atoms with Crippen LogP contribution in [0.4, 0.5) is 0 Å². The van der Waals surface area contributed by atoms with Crippen molar-refractivity contribution in [3.05, 3.63) is 95.6 Å². The van der Waals surface area contributed by atoms with Crippen LogP contribution in [0, 0.1) is 0 Å². The third-order valence-corrected chi connectivity index (χ3v) is 6.84. The molecule has 0 bridgehead atoms. The molecule has 0 spiro atoms. The van der Waals surface area contributed by atoms with Crippen molar-refractivity contribution in [2.75, 3.05) is 6.54 Å². The number of fused-ring (bicyclic) bond motifs is 1. The van der Waals surface area contributed by atoms with E-state index in [1.807, 2.05) is 30.3 Å². The van der Waals surface area contributed by atoms with Gasteiger partial charge in [0.25, 0.3) is 0 Å². The standard InChI is InChI=1S/C23H21NO4S/c25-23(28-21-8-2-1-3-9-21)16-18-10-12-22(13-11-18)29(26,27)24-15-14-19-6-4-5-7-20(19)17-24/h1-13H,14-17H2. The van der Waals surface area contributed by atoms with Crippen LogP contribution in [0.15, 0.2) is 83.8 Å². The molecule has 0 amide bonds. The zero-order chi connectivity index (χ0) is 20.3. The van der Waals surface area contributed by atoms with E-state index in [-0.39, 0.29) is 17.3 Å². The van der Waals surface area contributed by atoms with E-state index in [1.54, 1.807) is 48.5 Å². The molecule has 1 aliphatic heterocycles. The fourth-order valence-corrected chi connectivity index (χ4v) is 4.84. The van der Waals surface area contributed by atoms with Crippen molar-refractivity contribution in [2.24, 2.45) is 0 Å². The lowest BCUT2D eigenvalue weighted by molar-refractivity contribution is -0.133. The number of hydrogen-bond donors (Lipinski definition) is 0. The van der Waals surface area contributed by atoms with Crippen LogP contribution in [0.2, 0.25) is 0 Å². The second kappa shape index (κ2) is 8.19. The molecule has 6 heteroatoms. The van der Waals surface area contributed by atoms with Crippen molar-refractivity contribution in [1.29, 1.82) is 0 Å². The Balaban J connectivity index is 1.44. The van der Waals surface area contributed by atoms with Gasteiger partial charge in [-0.05, 0) is 47.4 Å². The van der Waals surface area contributed by atoms with Gasteiger partial charge in [0.05, 0.1) is 11.3 Å². The van der Waals surface area contributed by atoms with E-state index in [0.717, 1.165) is 5.56 Å². The Morgan fingerprint density at radius 3 is 2.24 bits per heavy atom. The number of benzene rings is 3. The zero-order valence-corrected chi connectivity index (χ0v) is 16.6. The summed E-state index contributed by atoms with van der Waals surface area (Å²) in [5.74, 6) is 0.0986. The number of esters is 1. The van der Waals surface area contributed by atoms with Crippen molar-refractivity contribution >= 4 is 16.0 Å². The monoisotopic (exact) mass is 407 g/mol. The predicted molar refractivity (Wildman–Crippen MR) is 110 cm³/mol. The lowest BCUT2D eigenvalue weighted by Gasteiger charge is -2.28. The maximum absolute atomic E-state index is 13.0. The lowest BCUT2D eigenvalue weighted by atomic mass is 10.0. The molecule has 0 radical (unpaired) electrons. The van der Waals surface area contributed by atoms with Crippen molar-refractivity contribution in [2.45, 2.75) is 24.3 Å². The van der Waals surface area contributed by atoms with Crippen LogP contribution in [0.25, 0.3) is 0 Å². The Kier molecular flexibility index (Phi) is 5.47. The molecule has 0 atom stereocenters. The van der Waals surface area contributed by atoms with E-state index in [2.05, 4.69) is 0 Å². The molecule has 1 aliphatic rings.